The summed E-state index contributed by atoms with van der Waals surface area (Å²) in [6.45, 7) is 4.87. The average molecular weight is 283 g/mol. The lowest BCUT2D eigenvalue weighted by molar-refractivity contribution is 0.179. The first-order valence-corrected chi connectivity index (χ1v) is 7.77. The molecule has 2 unspecified atom stereocenters. The predicted octanol–water partition coefficient (Wildman–Crippen LogP) is 1.27. The molecule has 0 radical (unpaired) electrons. The topological polar surface area (TPSA) is 67.0 Å². The minimum absolute atomic E-state index is 0.0974. The second-order valence-corrected chi connectivity index (χ2v) is 5.74. The standard InChI is InChI=1S/C13H21N3O2S/c1-2-5-14-11(10-4-7-18-8-10)9-19-13-15-6-3-12(17)16-13/h3,6,10-11,14H,2,4-5,7-9H2,1H3,(H,15,16,17). The Kier molecular flexibility index (Phi) is 5.88. The molecule has 1 aromatic heterocycles. The van der Waals surface area contributed by atoms with E-state index >= 15 is 0 Å². The van der Waals surface area contributed by atoms with Gasteiger partial charge in [0.25, 0.3) is 5.56 Å². The van der Waals surface area contributed by atoms with Crippen molar-refractivity contribution < 1.29 is 4.74 Å². The summed E-state index contributed by atoms with van der Waals surface area (Å²) in [5.74, 6) is 1.47. The molecule has 1 fully saturated rings. The smallest absolute Gasteiger partial charge is 0.251 e. The molecule has 0 aliphatic carbocycles. The summed E-state index contributed by atoms with van der Waals surface area (Å²) in [5, 5.41) is 4.27. The van der Waals surface area contributed by atoms with Crippen molar-refractivity contribution in [2.24, 2.45) is 5.92 Å². The third-order valence-electron chi connectivity index (χ3n) is 3.24. The van der Waals surface area contributed by atoms with Crippen LogP contribution in [0.5, 0.6) is 0 Å². The molecule has 0 aromatic carbocycles. The summed E-state index contributed by atoms with van der Waals surface area (Å²) in [5.41, 5.74) is -0.0974. The molecule has 1 aliphatic heterocycles. The predicted molar refractivity (Wildman–Crippen MR) is 76.6 cm³/mol. The Morgan fingerprint density at radius 3 is 3.26 bits per heavy atom. The molecule has 1 aliphatic rings. The van der Waals surface area contributed by atoms with E-state index in [-0.39, 0.29) is 5.56 Å². The van der Waals surface area contributed by atoms with Gasteiger partial charge in [0.05, 0.1) is 6.61 Å². The van der Waals surface area contributed by atoms with Gasteiger partial charge in [-0.2, -0.15) is 0 Å². The first-order chi connectivity index (χ1) is 9.29. The number of ether oxygens (including phenoxy) is 1. The van der Waals surface area contributed by atoms with Crippen LogP contribution in [0.2, 0.25) is 0 Å². The van der Waals surface area contributed by atoms with E-state index in [4.69, 9.17) is 4.74 Å². The van der Waals surface area contributed by atoms with Gasteiger partial charge in [0, 0.05) is 36.6 Å². The molecule has 106 valence electrons. The molecule has 1 saturated heterocycles. The van der Waals surface area contributed by atoms with E-state index in [1.54, 1.807) is 18.0 Å². The van der Waals surface area contributed by atoms with E-state index in [1.807, 2.05) is 0 Å². The van der Waals surface area contributed by atoms with E-state index in [9.17, 15) is 4.79 Å². The lowest BCUT2D eigenvalue weighted by Gasteiger charge is -2.23. The fourth-order valence-corrected chi connectivity index (χ4v) is 3.19. The SMILES string of the molecule is CCCNC(CSc1nccc(=O)[nH]1)C1CCOC1. The van der Waals surface area contributed by atoms with Crippen molar-refractivity contribution in [3.63, 3.8) is 0 Å². The van der Waals surface area contributed by atoms with Crippen LogP contribution in [-0.4, -0.2) is 41.5 Å². The average Bonchev–Trinajstić information content (AvgIpc) is 2.93. The summed E-state index contributed by atoms with van der Waals surface area (Å²) in [6.07, 6.45) is 3.78. The van der Waals surface area contributed by atoms with Gasteiger partial charge in [-0.25, -0.2) is 4.98 Å². The third kappa shape index (κ3) is 4.63. The maximum atomic E-state index is 11.2. The zero-order valence-electron chi connectivity index (χ0n) is 11.2. The quantitative estimate of drug-likeness (QED) is 0.582. The normalized spacial score (nSPS) is 20.6. The van der Waals surface area contributed by atoms with Crippen molar-refractivity contribution in [1.29, 1.82) is 0 Å². The van der Waals surface area contributed by atoms with Gasteiger partial charge in [0.15, 0.2) is 5.16 Å². The molecule has 2 N–H and O–H groups in total. The summed E-state index contributed by atoms with van der Waals surface area (Å²) < 4.78 is 5.47. The molecular weight excluding hydrogens is 262 g/mol. The molecule has 5 nitrogen and oxygen atoms in total. The van der Waals surface area contributed by atoms with Crippen LogP contribution in [0.1, 0.15) is 19.8 Å². The summed E-state index contributed by atoms with van der Waals surface area (Å²) >= 11 is 1.60. The Morgan fingerprint density at radius 1 is 1.68 bits per heavy atom. The highest BCUT2D eigenvalue weighted by atomic mass is 32.2. The molecule has 2 rings (SSSR count). The van der Waals surface area contributed by atoms with E-state index in [1.165, 1.54) is 6.07 Å². The van der Waals surface area contributed by atoms with Gasteiger partial charge in [-0.05, 0) is 19.4 Å². The Labute approximate surface area is 117 Å². The monoisotopic (exact) mass is 283 g/mol. The first kappa shape index (κ1) is 14.6. The Hall–Kier alpha value is -0.850. The van der Waals surface area contributed by atoms with E-state index in [0.717, 1.165) is 38.4 Å². The van der Waals surface area contributed by atoms with Crippen molar-refractivity contribution in [3.8, 4) is 0 Å². The van der Waals surface area contributed by atoms with Gasteiger partial charge < -0.3 is 15.0 Å². The van der Waals surface area contributed by atoms with Crippen LogP contribution < -0.4 is 10.9 Å². The fraction of sp³-hybridized carbons (Fsp3) is 0.692. The minimum atomic E-state index is -0.0974. The number of thioether (sulfide) groups is 1. The number of nitrogens with zero attached hydrogens (tertiary/aromatic N) is 1. The lowest BCUT2D eigenvalue weighted by atomic mass is 10.0. The second kappa shape index (κ2) is 7.67. The third-order valence-corrected chi connectivity index (χ3v) is 4.24. The van der Waals surface area contributed by atoms with Gasteiger partial charge in [-0.3, -0.25) is 4.79 Å². The molecule has 2 atom stereocenters. The molecule has 0 bridgehead atoms. The van der Waals surface area contributed by atoms with Crippen LogP contribution in [0.25, 0.3) is 0 Å². The van der Waals surface area contributed by atoms with Gasteiger partial charge >= 0.3 is 0 Å². The zero-order valence-corrected chi connectivity index (χ0v) is 12.0. The lowest BCUT2D eigenvalue weighted by Crippen LogP contribution is -2.39. The molecule has 1 aromatic rings. The molecule has 0 saturated carbocycles. The minimum Gasteiger partial charge on any atom is -0.381 e. The number of rotatable bonds is 7. The maximum Gasteiger partial charge on any atom is 0.251 e. The Balaban J connectivity index is 1.89. The van der Waals surface area contributed by atoms with E-state index < -0.39 is 0 Å². The number of aromatic amines is 1. The highest BCUT2D eigenvalue weighted by Gasteiger charge is 2.25. The second-order valence-electron chi connectivity index (χ2n) is 4.73. The van der Waals surface area contributed by atoms with Gasteiger partial charge in [0.1, 0.15) is 0 Å². The maximum absolute atomic E-state index is 11.2. The molecule has 2 heterocycles. The summed E-state index contributed by atoms with van der Waals surface area (Å²) in [4.78, 5) is 18.1. The molecule has 0 amide bonds. The Morgan fingerprint density at radius 2 is 2.58 bits per heavy atom. The molecular formula is C13H21N3O2S. The van der Waals surface area contributed by atoms with Crippen LogP contribution in [0.4, 0.5) is 0 Å². The van der Waals surface area contributed by atoms with Gasteiger partial charge in [-0.15, -0.1) is 0 Å². The van der Waals surface area contributed by atoms with Crippen molar-refractivity contribution in [1.82, 2.24) is 15.3 Å². The molecule has 6 heteroatoms. The highest BCUT2D eigenvalue weighted by molar-refractivity contribution is 7.99. The van der Waals surface area contributed by atoms with Crippen LogP contribution in [-0.2, 0) is 4.74 Å². The zero-order chi connectivity index (χ0) is 13.5. The molecule has 0 spiro atoms. The van der Waals surface area contributed by atoms with Crippen LogP contribution >= 0.6 is 11.8 Å². The highest BCUT2D eigenvalue weighted by Crippen LogP contribution is 2.22. The number of hydrogen-bond acceptors (Lipinski definition) is 5. The Bertz CT molecular complexity index is 432. The van der Waals surface area contributed by atoms with Crippen LogP contribution in [0.3, 0.4) is 0 Å². The van der Waals surface area contributed by atoms with Crippen molar-refractivity contribution in [2.75, 3.05) is 25.5 Å². The van der Waals surface area contributed by atoms with Crippen molar-refractivity contribution in [3.05, 3.63) is 22.6 Å². The van der Waals surface area contributed by atoms with Crippen LogP contribution in [0.15, 0.2) is 22.2 Å². The number of aromatic nitrogens is 2. The fourth-order valence-electron chi connectivity index (χ4n) is 2.16. The number of H-pyrrole nitrogens is 1. The molecule has 19 heavy (non-hydrogen) atoms. The number of nitrogens with one attached hydrogen (secondary N) is 2. The van der Waals surface area contributed by atoms with Gasteiger partial charge in [0.2, 0.25) is 0 Å². The first-order valence-electron chi connectivity index (χ1n) is 6.79. The largest absolute Gasteiger partial charge is 0.381 e. The summed E-state index contributed by atoms with van der Waals surface area (Å²) in [7, 11) is 0. The van der Waals surface area contributed by atoms with Crippen LogP contribution in [0, 0.1) is 5.92 Å². The number of hydrogen-bond donors (Lipinski definition) is 2. The summed E-state index contributed by atoms with van der Waals surface area (Å²) in [6, 6.07) is 1.85. The van der Waals surface area contributed by atoms with E-state index in [0.29, 0.717) is 17.1 Å². The van der Waals surface area contributed by atoms with Crippen molar-refractivity contribution in [2.45, 2.75) is 31.0 Å². The van der Waals surface area contributed by atoms with Crippen molar-refractivity contribution >= 4 is 11.8 Å². The van der Waals surface area contributed by atoms with E-state index in [2.05, 4.69) is 22.2 Å². The van der Waals surface area contributed by atoms with Gasteiger partial charge in [-0.1, -0.05) is 18.7 Å².